The average Bonchev–Trinajstić information content (AvgIpc) is 3.38. The third-order valence-electron chi connectivity index (χ3n) is 7.15. The number of benzene rings is 2. The van der Waals surface area contributed by atoms with Gasteiger partial charge in [-0.3, -0.25) is 9.69 Å². The highest BCUT2D eigenvalue weighted by Gasteiger charge is 2.52. The van der Waals surface area contributed by atoms with Crippen LogP contribution in [0.3, 0.4) is 0 Å². The van der Waals surface area contributed by atoms with Crippen LogP contribution in [-0.2, 0) is 34.3 Å². The smallest absolute Gasteiger partial charge is 0.168 e. The topological polar surface area (TPSA) is 43.7 Å². The van der Waals surface area contributed by atoms with Gasteiger partial charge in [-0.15, -0.1) is 0 Å². The van der Waals surface area contributed by atoms with E-state index in [2.05, 4.69) is 71.1 Å². The molecular weight excluding hydrogens is 376 g/mol. The molecule has 4 heterocycles. The van der Waals surface area contributed by atoms with Gasteiger partial charge in [-0.1, -0.05) is 48.5 Å². The number of rotatable bonds is 3. The Balaban J connectivity index is 1.49. The summed E-state index contributed by atoms with van der Waals surface area (Å²) in [7, 11) is 2.14. The minimum Gasteiger partial charge on any atom is -0.349 e. The van der Waals surface area contributed by atoms with Crippen molar-refractivity contribution in [3.63, 3.8) is 0 Å². The fraction of sp³-hybridized carbons (Fsp3) is 0.400. The Morgan fingerprint density at radius 2 is 1.70 bits per heavy atom. The predicted octanol–water partition coefficient (Wildman–Crippen LogP) is 3.61. The highest BCUT2D eigenvalue weighted by molar-refractivity contribution is 5.89. The van der Waals surface area contributed by atoms with Crippen LogP contribution in [0.15, 0.2) is 54.6 Å². The van der Waals surface area contributed by atoms with E-state index in [-0.39, 0.29) is 23.8 Å². The van der Waals surface area contributed by atoms with Gasteiger partial charge < -0.3 is 14.0 Å². The number of ketones is 1. The van der Waals surface area contributed by atoms with Crippen LogP contribution < -0.4 is 0 Å². The maximum atomic E-state index is 13.3. The van der Waals surface area contributed by atoms with Gasteiger partial charge in [-0.2, -0.15) is 0 Å². The molecule has 154 valence electrons. The van der Waals surface area contributed by atoms with Gasteiger partial charge in [0.05, 0.1) is 25.2 Å². The SMILES string of the molecule is Cn1c2c(c3ccccc31)C[C@H]1C(C3OCCO3)C(=O)C[C@@H]2N1Cc1ccccc1. The third kappa shape index (κ3) is 2.69. The van der Waals surface area contributed by atoms with Crippen molar-refractivity contribution in [2.75, 3.05) is 13.2 Å². The number of carbonyl (C=O) groups is 1. The number of carbonyl (C=O) groups excluding carboxylic acids is 1. The van der Waals surface area contributed by atoms with Crippen molar-refractivity contribution in [2.45, 2.75) is 37.8 Å². The zero-order valence-corrected chi connectivity index (χ0v) is 17.2. The van der Waals surface area contributed by atoms with E-state index in [1.54, 1.807) is 0 Å². The Morgan fingerprint density at radius 1 is 0.967 bits per heavy atom. The fourth-order valence-corrected chi connectivity index (χ4v) is 5.87. The number of fused-ring (bicyclic) bond motifs is 6. The summed E-state index contributed by atoms with van der Waals surface area (Å²) in [5.41, 5.74) is 5.20. The molecule has 3 aliphatic heterocycles. The number of hydrogen-bond acceptors (Lipinski definition) is 4. The molecule has 0 saturated carbocycles. The van der Waals surface area contributed by atoms with E-state index in [0.717, 1.165) is 13.0 Å². The number of piperidine rings is 1. The molecular formula is C25H26N2O3. The molecule has 30 heavy (non-hydrogen) atoms. The maximum Gasteiger partial charge on any atom is 0.168 e. The van der Waals surface area contributed by atoms with E-state index >= 15 is 0 Å². The van der Waals surface area contributed by atoms with E-state index in [4.69, 9.17) is 9.47 Å². The number of aryl methyl sites for hydroxylation is 1. The van der Waals surface area contributed by atoms with Gasteiger partial charge in [0, 0.05) is 42.7 Å². The molecule has 5 nitrogen and oxygen atoms in total. The van der Waals surface area contributed by atoms with E-state index < -0.39 is 6.29 Å². The molecule has 1 unspecified atom stereocenters. The molecule has 3 atom stereocenters. The van der Waals surface area contributed by atoms with E-state index in [1.807, 2.05) is 0 Å². The number of hydrogen-bond donors (Lipinski definition) is 0. The van der Waals surface area contributed by atoms with Gasteiger partial charge in [0.25, 0.3) is 0 Å². The van der Waals surface area contributed by atoms with Crippen molar-refractivity contribution in [1.82, 2.24) is 9.47 Å². The molecule has 0 spiro atoms. The lowest BCUT2D eigenvalue weighted by molar-refractivity contribution is -0.160. The molecule has 2 fully saturated rings. The zero-order valence-electron chi connectivity index (χ0n) is 17.2. The molecule has 1 aromatic heterocycles. The molecule has 0 N–H and O–H groups in total. The molecule has 3 aromatic rings. The van der Waals surface area contributed by atoms with Gasteiger partial charge in [-0.25, -0.2) is 0 Å². The first-order chi connectivity index (χ1) is 14.7. The lowest BCUT2D eigenvalue weighted by Gasteiger charge is -2.50. The molecule has 6 rings (SSSR count). The zero-order chi connectivity index (χ0) is 20.2. The summed E-state index contributed by atoms with van der Waals surface area (Å²) in [4.78, 5) is 15.9. The predicted molar refractivity (Wildman–Crippen MR) is 114 cm³/mol. The third-order valence-corrected chi connectivity index (χ3v) is 7.15. The van der Waals surface area contributed by atoms with Crippen molar-refractivity contribution >= 4 is 16.7 Å². The number of Topliss-reactive ketones (excluding diaryl/α,β-unsaturated/α-hetero) is 1. The molecule has 2 bridgehead atoms. The van der Waals surface area contributed by atoms with Gasteiger partial charge in [0.15, 0.2) is 6.29 Å². The van der Waals surface area contributed by atoms with Crippen LogP contribution in [-0.4, -0.2) is 40.8 Å². The largest absolute Gasteiger partial charge is 0.349 e. The quantitative estimate of drug-likeness (QED) is 0.671. The van der Waals surface area contributed by atoms with Crippen molar-refractivity contribution in [3.8, 4) is 0 Å². The summed E-state index contributed by atoms with van der Waals surface area (Å²) < 4.78 is 14.0. The first kappa shape index (κ1) is 18.3. The second-order valence-electron chi connectivity index (χ2n) is 8.69. The Bertz CT molecular complexity index is 1100. The van der Waals surface area contributed by atoms with E-state index in [9.17, 15) is 4.79 Å². The van der Waals surface area contributed by atoms with Crippen LogP contribution >= 0.6 is 0 Å². The van der Waals surface area contributed by atoms with Crippen LogP contribution in [0.25, 0.3) is 10.9 Å². The van der Waals surface area contributed by atoms with Crippen molar-refractivity contribution in [2.24, 2.45) is 13.0 Å². The average molecular weight is 402 g/mol. The first-order valence-corrected chi connectivity index (χ1v) is 10.8. The molecule has 0 aliphatic carbocycles. The summed E-state index contributed by atoms with van der Waals surface area (Å²) in [6, 6.07) is 19.3. The Kier molecular flexibility index (Phi) is 4.30. The summed E-state index contributed by atoms with van der Waals surface area (Å²) in [5.74, 6) is 0.0386. The van der Waals surface area contributed by atoms with Crippen molar-refractivity contribution < 1.29 is 14.3 Å². The van der Waals surface area contributed by atoms with Gasteiger partial charge in [-0.05, 0) is 23.6 Å². The maximum absolute atomic E-state index is 13.3. The van der Waals surface area contributed by atoms with E-state index in [1.165, 1.54) is 27.7 Å². The number of nitrogens with zero attached hydrogens (tertiary/aromatic N) is 2. The minimum atomic E-state index is -0.418. The van der Waals surface area contributed by atoms with Gasteiger partial charge in [0.2, 0.25) is 0 Å². The highest BCUT2D eigenvalue weighted by atomic mass is 16.7. The summed E-state index contributed by atoms with van der Waals surface area (Å²) in [6.07, 6.45) is 0.937. The van der Waals surface area contributed by atoms with E-state index in [0.29, 0.717) is 19.6 Å². The summed E-state index contributed by atoms with van der Waals surface area (Å²) in [5, 5.41) is 1.31. The number of para-hydroxylation sites is 1. The lowest BCUT2D eigenvalue weighted by atomic mass is 9.75. The van der Waals surface area contributed by atoms with Gasteiger partial charge >= 0.3 is 0 Å². The Morgan fingerprint density at radius 3 is 2.50 bits per heavy atom. The fourth-order valence-electron chi connectivity index (χ4n) is 5.87. The standard InChI is InChI=1S/C25H26N2O3/c1-26-19-10-6-5-9-17(19)18-13-20-23(25-29-11-12-30-25)22(28)14-21(24(18)26)27(20)15-16-7-3-2-4-8-16/h2-10,20-21,23,25H,11-15H2,1H3/t20-,21-,23?/m0/s1. The second kappa shape index (κ2) is 7.05. The molecule has 5 heteroatoms. The molecule has 3 aliphatic rings. The monoisotopic (exact) mass is 402 g/mol. The van der Waals surface area contributed by atoms with Crippen LogP contribution in [0.5, 0.6) is 0 Å². The molecule has 0 radical (unpaired) electrons. The second-order valence-corrected chi connectivity index (χ2v) is 8.69. The lowest BCUT2D eigenvalue weighted by Crippen LogP contribution is -2.57. The molecule has 2 aromatic carbocycles. The normalized spacial score (nSPS) is 27.0. The van der Waals surface area contributed by atoms with Crippen LogP contribution in [0.2, 0.25) is 0 Å². The Labute approximate surface area is 176 Å². The van der Waals surface area contributed by atoms with Crippen LogP contribution in [0.4, 0.5) is 0 Å². The van der Waals surface area contributed by atoms with Gasteiger partial charge in [0.1, 0.15) is 5.78 Å². The highest BCUT2D eigenvalue weighted by Crippen LogP contribution is 2.48. The van der Waals surface area contributed by atoms with Crippen LogP contribution in [0, 0.1) is 5.92 Å². The van der Waals surface area contributed by atoms with Crippen LogP contribution in [0.1, 0.15) is 29.3 Å². The summed E-state index contributed by atoms with van der Waals surface area (Å²) in [6.45, 7) is 1.97. The van der Waals surface area contributed by atoms with Crippen molar-refractivity contribution in [3.05, 3.63) is 71.4 Å². The number of aromatic nitrogens is 1. The first-order valence-electron chi connectivity index (χ1n) is 10.8. The molecule has 2 saturated heterocycles. The Hall–Kier alpha value is -2.47. The number of ether oxygens (including phenoxy) is 2. The summed E-state index contributed by atoms with van der Waals surface area (Å²) >= 11 is 0. The molecule has 0 amide bonds. The minimum absolute atomic E-state index is 0.0814. The van der Waals surface area contributed by atoms with Crippen molar-refractivity contribution in [1.29, 1.82) is 0 Å².